The smallest absolute Gasteiger partial charge is 0.242 e. The average molecular weight is 305 g/mol. The van der Waals surface area contributed by atoms with Crippen LogP contribution in [0.4, 0.5) is 0 Å². The third kappa shape index (κ3) is 5.59. The van der Waals surface area contributed by atoms with Crippen molar-refractivity contribution in [3.8, 4) is 0 Å². The first-order chi connectivity index (χ1) is 8.93. The Kier molecular flexibility index (Phi) is 6.27. The van der Waals surface area contributed by atoms with Crippen LogP contribution in [0.25, 0.3) is 0 Å². The molecular formula is C12H17ClN2O3S. The number of nitrogens with one attached hydrogen (secondary N) is 2. The summed E-state index contributed by atoms with van der Waals surface area (Å²) in [6.07, 6.45) is 1.36. The Morgan fingerprint density at radius 2 is 1.84 bits per heavy atom. The van der Waals surface area contributed by atoms with Crippen LogP contribution in [0.5, 0.6) is 0 Å². The van der Waals surface area contributed by atoms with Gasteiger partial charge in [-0.1, -0.05) is 23.7 Å². The van der Waals surface area contributed by atoms with E-state index < -0.39 is 10.0 Å². The number of carbonyl (C=O) groups is 1. The molecule has 5 nitrogen and oxygen atoms in total. The van der Waals surface area contributed by atoms with Gasteiger partial charge in [0.05, 0.1) is 5.02 Å². The predicted octanol–water partition coefficient (Wildman–Crippen LogP) is 1.53. The first-order valence-electron chi connectivity index (χ1n) is 5.92. The molecule has 19 heavy (non-hydrogen) atoms. The molecule has 0 spiro atoms. The first kappa shape index (κ1) is 15.9. The number of hydrogen-bond acceptors (Lipinski definition) is 3. The highest BCUT2D eigenvalue weighted by atomic mass is 35.5. The monoisotopic (exact) mass is 304 g/mol. The fraction of sp³-hybridized carbons (Fsp3) is 0.417. The van der Waals surface area contributed by atoms with Crippen molar-refractivity contribution in [2.24, 2.45) is 0 Å². The van der Waals surface area contributed by atoms with Gasteiger partial charge in [-0.15, -0.1) is 0 Å². The molecule has 1 rings (SSSR count). The highest BCUT2D eigenvalue weighted by molar-refractivity contribution is 7.89. The molecule has 0 atom stereocenters. The Hall–Kier alpha value is -1.11. The van der Waals surface area contributed by atoms with Crippen LogP contribution < -0.4 is 10.0 Å². The van der Waals surface area contributed by atoms with Gasteiger partial charge in [0, 0.05) is 20.0 Å². The fourth-order valence-corrected chi connectivity index (χ4v) is 3.05. The van der Waals surface area contributed by atoms with Crippen molar-refractivity contribution in [3.63, 3.8) is 0 Å². The summed E-state index contributed by atoms with van der Waals surface area (Å²) in [5.74, 6) is -0.0864. The number of sulfonamides is 1. The number of unbranched alkanes of at least 4 members (excludes halogenated alkanes) is 1. The summed E-state index contributed by atoms with van der Waals surface area (Å²) in [5, 5.41) is 2.85. The zero-order valence-electron chi connectivity index (χ0n) is 10.6. The van der Waals surface area contributed by atoms with Gasteiger partial charge in [-0.2, -0.15) is 0 Å². The van der Waals surface area contributed by atoms with Gasteiger partial charge >= 0.3 is 0 Å². The molecule has 106 valence electrons. The molecule has 7 heteroatoms. The van der Waals surface area contributed by atoms with Crippen LogP contribution in [0.2, 0.25) is 5.02 Å². The van der Waals surface area contributed by atoms with Crippen LogP contribution >= 0.6 is 11.6 Å². The van der Waals surface area contributed by atoms with E-state index in [1.807, 2.05) is 0 Å². The van der Waals surface area contributed by atoms with Crippen LogP contribution in [-0.4, -0.2) is 27.4 Å². The lowest BCUT2D eigenvalue weighted by Gasteiger charge is -2.08. The number of amides is 1. The molecule has 0 aliphatic heterocycles. The lowest BCUT2D eigenvalue weighted by Crippen LogP contribution is -2.26. The van der Waals surface area contributed by atoms with Crippen LogP contribution in [0, 0.1) is 0 Å². The third-order valence-corrected chi connectivity index (χ3v) is 4.36. The average Bonchev–Trinajstić information content (AvgIpc) is 2.33. The van der Waals surface area contributed by atoms with E-state index in [4.69, 9.17) is 11.6 Å². The molecule has 0 aliphatic rings. The second-order valence-electron chi connectivity index (χ2n) is 4.02. The van der Waals surface area contributed by atoms with Crippen molar-refractivity contribution < 1.29 is 13.2 Å². The summed E-state index contributed by atoms with van der Waals surface area (Å²) >= 11 is 5.84. The van der Waals surface area contributed by atoms with Gasteiger partial charge in [-0.25, -0.2) is 13.1 Å². The van der Waals surface area contributed by atoms with Crippen molar-refractivity contribution in [2.45, 2.75) is 24.7 Å². The Morgan fingerprint density at radius 1 is 1.21 bits per heavy atom. The van der Waals surface area contributed by atoms with Crippen LogP contribution in [0.3, 0.4) is 0 Å². The van der Waals surface area contributed by atoms with Gasteiger partial charge in [0.2, 0.25) is 15.9 Å². The number of hydrogen-bond donors (Lipinski definition) is 2. The van der Waals surface area contributed by atoms with E-state index in [2.05, 4.69) is 10.0 Å². The zero-order chi connectivity index (χ0) is 14.3. The van der Waals surface area contributed by atoms with Crippen LogP contribution in [-0.2, 0) is 14.8 Å². The molecule has 0 saturated carbocycles. The normalized spacial score (nSPS) is 11.3. The molecule has 2 N–H and O–H groups in total. The number of rotatable bonds is 7. The summed E-state index contributed by atoms with van der Waals surface area (Å²) in [5.41, 5.74) is 0. The molecule has 0 unspecified atom stereocenters. The Balaban J connectivity index is 2.40. The summed E-state index contributed by atoms with van der Waals surface area (Å²) in [4.78, 5) is 10.7. The van der Waals surface area contributed by atoms with Crippen molar-refractivity contribution in [2.75, 3.05) is 13.1 Å². The topological polar surface area (TPSA) is 75.3 Å². The standard InChI is InChI=1S/C12H17ClN2O3S/c1-10(16)14-8-4-5-9-15-19(17,18)12-7-3-2-6-11(12)13/h2-3,6-7,15H,4-5,8-9H2,1H3,(H,14,16). The highest BCUT2D eigenvalue weighted by Crippen LogP contribution is 2.19. The van der Waals surface area contributed by atoms with E-state index in [1.54, 1.807) is 12.1 Å². The third-order valence-electron chi connectivity index (χ3n) is 2.40. The summed E-state index contributed by atoms with van der Waals surface area (Å²) < 4.78 is 26.3. The van der Waals surface area contributed by atoms with E-state index in [-0.39, 0.29) is 15.8 Å². The molecular weight excluding hydrogens is 288 g/mol. The van der Waals surface area contributed by atoms with Gasteiger partial charge in [0.15, 0.2) is 0 Å². The molecule has 0 saturated heterocycles. The molecule has 0 heterocycles. The molecule has 1 aromatic carbocycles. The predicted molar refractivity (Wildman–Crippen MR) is 74.6 cm³/mol. The maximum Gasteiger partial charge on any atom is 0.242 e. The molecule has 0 radical (unpaired) electrons. The summed E-state index contributed by atoms with van der Waals surface area (Å²) in [7, 11) is -3.56. The first-order valence-corrected chi connectivity index (χ1v) is 7.78. The minimum Gasteiger partial charge on any atom is -0.356 e. The van der Waals surface area contributed by atoms with Crippen LogP contribution in [0.1, 0.15) is 19.8 Å². The highest BCUT2D eigenvalue weighted by Gasteiger charge is 2.16. The lowest BCUT2D eigenvalue weighted by molar-refractivity contribution is -0.118. The molecule has 0 aliphatic carbocycles. The number of benzene rings is 1. The van der Waals surface area contributed by atoms with E-state index in [0.29, 0.717) is 25.9 Å². The van der Waals surface area contributed by atoms with Crippen molar-refractivity contribution in [3.05, 3.63) is 29.3 Å². The van der Waals surface area contributed by atoms with Gasteiger partial charge in [-0.3, -0.25) is 4.79 Å². The van der Waals surface area contributed by atoms with E-state index in [9.17, 15) is 13.2 Å². The van der Waals surface area contributed by atoms with Crippen molar-refractivity contribution in [1.29, 1.82) is 0 Å². The number of halogens is 1. The quantitative estimate of drug-likeness (QED) is 0.750. The second-order valence-corrected chi connectivity index (χ2v) is 6.16. The summed E-state index contributed by atoms with van der Waals surface area (Å²) in [6.45, 7) is 2.30. The molecule has 1 aromatic rings. The SMILES string of the molecule is CC(=O)NCCCCNS(=O)(=O)c1ccccc1Cl. The molecule has 0 bridgehead atoms. The van der Waals surface area contributed by atoms with Gasteiger partial charge in [0.25, 0.3) is 0 Å². The minimum atomic E-state index is -3.56. The Labute approximate surface area is 118 Å². The number of carbonyl (C=O) groups excluding carboxylic acids is 1. The summed E-state index contributed by atoms with van der Waals surface area (Å²) in [6, 6.07) is 6.29. The molecule has 0 aromatic heterocycles. The van der Waals surface area contributed by atoms with E-state index in [0.717, 1.165) is 0 Å². The van der Waals surface area contributed by atoms with Crippen molar-refractivity contribution >= 4 is 27.5 Å². The maximum absolute atomic E-state index is 11.9. The Bertz CT molecular complexity index is 532. The second kappa shape index (κ2) is 7.47. The maximum atomic E-state index is 11.9. The lowest BCUT2D eigenvalue weighted by atomic mass is 10.3. The van der Waals surface area contributed by atoms with E-state index >= 15 is 0 Å². The largest absolute Gasteiger partial charge is 0.356 e. The van der Waals surface area contributed by atoms with Crippen LogP contribution in [0.15, 0.2) is 29.2 Å². The van der Waals surface area contributed by atoms with Gasteiger partial charge in [0.1, 0.15) is 4.90 Å². The fourth-order valence-electron chi connectivity index (χ4n) is 1.46. The Morgan fingerprint density at radius 3 is 2.47 bits per heavy atom. The zero-order valence-corrected chi connectivity index (χ0v) is 12.2. The van der Waals surface area contributed by atoms with Gasteiger partial charge in [-0.05, 0) is 25.0 Å². The van der Waals surface area contributed by atoms with E-state index in [1.165, 1.54) is 19.1 Å². The van der Waals surface area contributed by atoms with Gasteiger partial charge < -0.3 is 5.32 Å². The van der Waals surface area contributed by atoms with Crippen molar-refractivity contribution in [1.82, 2.24) is 10.0 Å². The minimum absolute atomic E-state index is 0.0820. The molecule has 1 amide bonds. The molecule has 0 fully saturated rings.